The number of esters is 1. The smallest absolute Gasteiger partial charge is 0.325 e. The molecule has 5 atom stereocenters. The minimum Gasteiger partial charge on any atom is -0.468 e. The van der Waals surface area contributed by atoms with Gasteiger partial charge in [0.15, 0.2) is 5.82 Å². The van der Waals surface area contributed by atoms with Crippen molar-refractivity contribution in [3.05, 3.63) is 42.1 Å². The van der Waals surface area contributed by atoms with Gasteiger partial charge in [0, 0.05) is 25.4 Å². The lowest BCUT2D eigenvalue weighted by atomic mass is 10.1. The van der Waals surface area contributed by atoms with Crippen LogP contribution in [0.15, 0.2) is 36.5 Å². The quantitative estimate of drug-likeness (QED) is 0.147. The second kappa shape index (κ2) is 15.2. The van der Waals surface area contributed by atoms with Crippen molar-refractivity contribution >= 4 is 48.3 Å². The van der Waals surface area contributed by atoms with Crippen molar-refractivity contribution in [2.24, 2.45) is 5.92 Å². The van der Waals surface area contributed by atoms with E-state index in [0.29, 0.717) is 17.2 Å². The largest absolute Gasteiger partial charge is 0.468 e. The van der Waals surface area contributed by atoms with E-state index in [4.69, 9.17) is 24.3 Å². The lowest BCUT2D eigenvalue weighted by Crippen LogP contribution is -2.45. The highest BCUT2D eigenvalue weighted by Crippen LogP contribution is 2.42. The first-order chi connectivity index (χ1) is 20.4. The fourth-order valence-electron chi connectivity index (χ4n) is 4.55. The zero-order chi connectivity index (χ0) is 31.9. The fraction of sp³-hybridized carbons (Fsp3) is 0.536. The van der Waals surface area contributed by atoms with E-state index in [9.17, 15) is 9.00 Å². The molecule has 2 aromatic heterocycles. The second-order valence-electron chi connectivity index (χ2n) is 10.5. The molecule has 15 heteroatoms. The van der Waals surface area contributed by atoms with Gasteiger partial charge in [-0.1, -0.05) is 38.5 Å². The predicted molar refractivity (Wildman–Crippen MR) is 170 cm³/mol. The standard InChI is InChI=1S/C26H38N7O6PS.C2H6/c1-16-8-10-18(11-9-16)39-40(30-26(3,4)24(34)36-6)37-15-19-14-17(2)23(38-19)33-13-12-20-21(32(5)31-41(7)35)28-25(27)29-22(20)33;1-2/h8-13,17,19,23,30-31H,14-15H2,1-7H3,(H2,27,28,29);1-2H3. The van der Waals surface area contributed by atoms with Gasteiger partial charge in [-0.05, 0) is 45.4 Å². The molecule has 0 amide bonds. The number of nitrogens with two attached hydrogens (primary N) is 1. The van der Waals surface area contributed by atoms with Crippen LogP contribution in [0.25, 0.3) is 11.0 Å². The number of hydrogen-bond acceptors (Lipinski definition) is 11. The first-order valence-corrected chi connectivity index (χ1v) is 16.8. The first-order valence-electron chi connectivity index (χ1n) is 14.0. The number of hydrogen-bond donors (Lipinski definition) is 3. The summed E-state index contributed by atoms with van der Waals surface area (Å²) in [7, 11) is 0.0407. The average molecular weight is 638 g/mol. The molecule has 13 nitrogen and oxygen atoms in total. The predicted octanol–water partition coefficient (Wildman–Crippen LogP) is 4.37. The summed E-state index contributed by atoms with van der Waals surface area (Å²) in [5.74, 6) is 0.906. The van der Waals surface area contributed by atoms with E-state index in [2.05, 4.69) is 26.8 Å². The molecule has 43 heavy (non-hydrogen) atoms. The van der Waals surface area contributed by atoms with Crippen LogP contribution in [-0.2, 0) is 29.8 Å². The Morgan fingerprint density at radius 2 is 1.93 bits per heavy atom. The van der Waals surface area contributed by atoms with Crippen molar-refractivity contribution in [1.29, 1.82) is 0 Å². The number of benzene rings is 1. The molecular formula is C28H44N7O6PS. The number of carbonyl (C=O) groups is 1. The number of anilines is 2. The van der Waals surface area contributed by atoms with Gasteiger partial charge in [0.25, 0.3) is 0 Å². The van der Waals surface area contributed by atoms with E-state index in [-0.39, 0.29) is 30.8 Å². The lowest BCUT2D eigenvalue weighted by Gasteiger charge is -2.28. The zero-order valence-electron chi connectivity index (χ0n) is 26.3. The summed E-state index contributed by atoms with van der Waals surface area (Å²) in [4.78, 5) is 23.9. The first kappa shape index (κ1) is 34.6. The summed E-state index contributed by atoms with van der Waals surface area (Å²) in [5, 5.41) is 5.46. The Morgan fingerprint density at radius 3 is 2.56 bits per heavy atom. The van der Waals surface area contributed by atoms with Crippen molar-refractivity contribution in [1.82, 2.24) is 24.5 Å². The Kier molecular flexibility index (Phi) is 12.3. The normalized spacial score (nSPS) is 19.8. The number of rotatable bonds is 12. The van der Waals surface area contributed by atoms with E-state index in [1.165, 1.54) is 13.4 Å². The van der Waals surface area contributed by atoms with Gasteiger partial charge in [0.1, 0.15) is 34.1 Å². The summed E-state index contributed by atoms with van der Waals surface area (Å²) in [6, 6.07) is 9.48. The van der Waals surface area contributed by atoms with Crippen molar-refractivity contribution in [3.8, 4) is 5.75 Å². The molecule has 4 rings (SSSR count). The molecule has 0 radical (unpaired) electrons. The minimum absolute atomic E-state index is 0.0895. The molecule has 1 saturated heterocycles. The van der Waals surface area contributed by atoms with Gasteiger partial charge in [-0.2, -0.15) is 9.97 Å². The van der Waals surface area contributed by atoms with Crippen LogP contribution in [0.4, 0.5) is 11.8 Å². The van der Waals surface area contributed by atoms with E-state index in [1.807, 2.05) is 61.9 Å². The van der Waals surface area contributed by atoms with Gasteiger partial charge >= 0.3 is 14.5 Å². The minimum atomic E-state index is -1.73. The molecule has 1 aliphatic heterocycles. The topological polar surface area (TPSA) is 155 Å². The maximum Gasteiger partial charge on any atom is 0.325 e. The molecule has 238 valence electrons. The SMILES string of the molecule is CC.COC(=O)C(C)(C)NP(OCC1CC(C)C(n2ccc3c(N(C)NS(C)=O)nc(N)nc32)O1)Oc1ccc(C)cc1. The second-order valence-corrected chi connectivity index (χ2v) is 12.8. The summed E-state index contributed by atoms with van der Waals surface area (Å²) in [6.07, 6.45) is 3.57. The summed E-state index contributed by atoms with van der Waals surface area (Å²) in [6.45, 7) is 11.8. The van der Waals surface area contributed by atoms with Crippen LogP contribution >= 0.6 is 8.53 Å². The Labute approximate surface area is 257 Å². The lowest BCUT2D eigenvalue weighted by molar-refractivity contribution is -0.146. The third kappa shape index (κ3) is 8.84. The Morgan fingerprint density at radius 1 is 1.26 bits per heavy atom. The fourth-order valence-corrected chi connectivity index (χ4v) is 6.35. The molecule has 4 N–H and O–H groups in total. The van der Waals surface area contributed by atoms with Crippen LogP contribution in [-0.4, -0.2) is 63.4 Å². The van der Waals surface area contributed by atoms with E-state index in [1.54, 1.807) is 25.9 Å². The molecule has 3 aromatic rings. The number of aromatic nitrogens is 3. The summed E-state index contributed by atoms with van der Waals surface area (Å²) >= 11 is 0. The van der Waals surface area contributed by atoms with E-state index >= 15 is 0 Å². The Balaban J connectivity index is 0.00000248. The number of nitrogen functional groups attached to an aromatic ring is 1. The van der Waals surface area contributed by atoms with Crippen molar-refractivity contribution in [3.63, 3.8) is 0 Å². The number of aryl methyl sites for hydroxylation is 1. The van der Waals surface area contributed by atoms with Gasteiger partial charge in [0.05, 0.1) is 25.2 Å². The highest BCUT2D eigenvalue weighted by Gasteiger charge is 2.37. The van der Waals surface area contributed by atoms with Crippen molar-refractivity contribution in [2.45, 2.75) is 65.8 Å². The molecule has 0 saturated carbocycles. The summed E-state index contributed by atoms with van der Waals surface area (Å²) in [5.41, 5.74) is 6.71. The number of carbonyl (C=O) groups excluding carboxylic acids is 1. The molecule has 0 bridgehead atoms. The van der Waals surface area contributed by atoms with Gasteiger partial charge < -0.3 is 28.8 Å². The van der Waals surface area contributed by atoms with E-state index < -0.39 is 31.0 Å². The molecule has 0 spiro atoms. The Bertz CT molecular complexity index is 1390. The molecule has 1 aromatic carbocycles. The number of nitrogens with one attached hydrogen (secondary N) is 2. The van der Waals surface area contributed by atoms with Crippen LogP contribution in [0.5, 0.6) is 5.75 Å². The number of fused-ring (bicyclic) bond motifs is 1. The number of ether oxygens (including phenoxy) is 2. The number of methoxy groups -OCH3 is 1. The molecule has 3 heterocycles. The monoisotopic (exact) mass is 637 g/mol. The maximum atomic E-state index is 12.3. The third-order valence-corrected chi connectivity index (χ3v) is 8.57. The number of hydrazine groups is 1. The Hall–Kier alpha value is -2.87. The van der Waals surface area contributed by atoms with E-state index in [0.717, 1.165) is 17.4 Å². The summed E-state index contributed by atoms with van der Waals surface area (Å²) < 4.78 is 37.3. The van der Waals surface area contributed by atoms with Crippen molar-refractivity contribution < 1.29 is 27.5 Å². The van der Waals surface area contributed by atoms with Crippen LogP contribution in [0.3, 0.4) is 0 Å². The molecule has 5 unspecified atom stereocenters. The molecule has 1 fully saturated rings. The van der Waals surface area contributed by atoms with Gasteiger partial charge in [-0.15, -0.1) is 4.83 Å². The van der Waals surface area contributed by atoms with Crippen LogP contribution in [0.2, 0.25) is 0 Å². The molecular weight excluding hydrogens is 593 g/mol. The van der Waals surface area contributed by atoms with Crippen LogP contribution in [0, 0.1) is 12.8 Å². The average Bonchev–Trinajstić information content (AvgIpc) is 3.54. The van der Waals surface area contributed by atoms with Gasteiger partial charge in [0.2, 0.25) is 5.95 Å². The highest BCUT2D eigenvalue weighted by molar-refractivity contribution is 7.82. The molecule has 1 aliphatic rings. The van der Waals surface area contributed by atoms with Crippen LogP contribution in [0.1, 0.15) is 52.8 Å². The zero-order valence-corrected chi connectivity index (χ0v) is 28.0. The number of nitrogens with zero attached hydrogens (tertiary/aromatic N) is 4. The third-order valence-electron chi connectivity index (χ3n) is 6.53. The van der Waals surface area contributed by atoms with Gasteiger partial charge in [-0.3, -0.25) is 9.80 Å². The van der Waals surface area contributed by atoms with Gasteiger partial charge in [-0.25, -0.2) is 9.30 Å². The van der Waals surface area contributed by atoms with Crippen LogP contribution < -0.4 is 25.2 Å². The van der Waals surface area contributed by atoms with Crippen molar-refractivity contribution in [2.75, 3.05) is 37.8 Å². The maximum absolute atomic E-state index is 12.3. The highest BCUT2D eigenvalue weighted by atomic mass is 32.2. The molecule has 0 aliphatic carbocycles.